The van der Waals surface area contributed by atoms with Gasteiger partial charge in [-0.15, -0.1) is 10.2 Å². The lowest BCUT2D eigenvalue weighted by Crippen LogP contribution is -2.23. The van der Waals surface area contributed by atoms with Crippen molar-refractivity contribution in [1.29, 1.82) is 0 Å². The van der Waals surface area contributed by atoms with Crippen molar-refractivity contribution in [2.45, 2.75) is 72.9 Å². The first kappa shape index (κ1) is 26.0. The van der Waals surface area contributed by atoms with E-state index in [1.165, 1.54) is 0 Å². The van der Waals surface area contributed by atoms with Crippen molar-refractivity contribution >= 4 is 28.6 Å². The normalized spacial score (nSPS) is 20.4. The number of anilines is 1. The van der Waals surface area contributed by atoms with Crippen LogP contribution in [-0.4, -0.2) is 26.4 Å². The van der Waals surface area contributed by atoms with Crippen molar-refractivity contribution in [2.75, 3.05) is 4.90 Å². The minimum atomic E-state index is -0.173. The number of halogens is 1. The molecule has 190 valence electrons. The van der Waals surface area contributed by atoms with E-state index in [1.54, 1.807) is 0 Å². The van der Waals surface area contributed by atoms with Gasteiger partial charge >= 0.3 is 0 Å². The molecule has 1 aromatic carbocycles. The van der Waals surface area contributed by atoms with Crippen LogP contribution in [-0.2, 0) is 0 Å². The molecule has 1 aliphatic rings. The second-order valence-electron chi connectivity index (χ2n) is 9.98. The van der Waals surface area contributed by atoms with Crippen LogP contribution in [0.3, 0.4) is 0 Å². The van der Waals surface area contributed by atoms with Crippen LogP contribution in [0, 0.1) is 19.8 Å². The molecule has 0 aliphatic carbocycles. The van der Waals surface area contributed by atoms with Crippen molar-refractivity contribution in [3.63, 3.8) is 0 Å². The monoisotopic (exact) mass is 504 g/mol. The molecule has 2 aromatic heterocycles. The molecule has 3 aromatic rings. The number of aromatic nitrogens is 3. The van der Waals surface area contributed by atoms with Crippen molar-refractivity contribution in [3.8, 4) is 0 Å². The number of hydrogen-bond donors (Lipinski definition) is 1. The second-order valence-corrected chi connectivity index (χ2v) is 10.4. The zero-order chi connectivity index (χ0) is 26.1. The molecule has 7 heteroatoms. The molecular formula is C29H37ClN6. The Morgan fingerprint density at radius 3 is 2.47 bits per heavy atom. The average molecular weight is 505 g/mol. The number of rotatable bonds is 7. The van der Waals surface area contributed by atoms with Crippen molar-refractivity contribution in [1.82, 2.24) is 14.6 Å². The van der Waals surface area contributed by atoms with Gasteiger partial charge in [0.15, 0.2) is 5.65 Å². The Morgan fingerprint density at radius 2 is 1.86 bits per heavy atom. The van der Waals surface area contributed by atoms with Gasteiger partial charge in [-0.05, 0) is 68.9 Å². The summed E-state index contributed by atoms with van der Waals surface area (Å²) in [5.41, 5.74) is 14.1. The van der Waals surface area contributed by atoms with Gasteiger partial charge in [-0.1, -0.05) is 57.5 Å². The molecule has 4 rings (SSSR count). The summed E-state index contributed by atoms with van der Waals surface area (Å²) in [7, 11) is 0. The van der Waals surface area contributed by atoms with Gasteiger partial charge in [0.25, 0.3) is 0 Å². The average Bonchev–Trinajstić information content (AvgIpc) is 3.36. The van der Waals surface area contributed by atoms with E-state index < -0.39 is 0 Å². The number of allylic oxidation sites excluding steroid dienone is 2. The summed E-state index contributed by atoms with van der Waals surface area (Å²) in [5, 5.41) is 9.32. The molecule has 0 amide bonds. The molecule has 1 saturated heterocycles. The van der Waals surface area contributed by atoms with Gasteiger partial charge in [-0.25, -0.2) is 0 Å². The third-order valence-electron chi connectivity index (χ3n) is 7.24. The van der Waals surface area contributed by atoms with E-state index in [0.29, 0.717) is 10.9 Å². The summed E-state index contributed by atoms with van der Waals surface area (Å²) in [6, 6.07) is 10.1. The van der Waals surface area contributed by atoms with E-state index in [-0.39, 0.29) is 12.1 Å². The van der Waals surface area contributed by atoms with Crippen LogP contribution in [0.1, 0.15) is 70.0 Å². The van der Waals surface area contributed by atoms with Crippen LogP contribution in [0.25, 0.3) is 5.65 Å². The van der Waals surface area contributed by atoms with Crippen molar-refractivity contribution < 1.29 is 0 Å². The Kier molecular flexibility index (Phi) is 7.55. The van der Waals surface area contributed by atoms with Crippen LogP contribution in [0.4, 0.5) is 5.69 Å². The predicted octanol–water partition coefficient (Wildman–Crippen LogP) is 6.96. The Hall–Kier alpha value is -3.12. The lowest BCUT2D eigenvalue weighted by molar-refractivity contribution is 0.447. The minimum absolute atomic E-state index is 0.173. The highest BCUT2D eigenvalue weighted by Gasteiger charge is 2.40. The summed E-state index contributed by atoms with van der Waals surface area (Å²) < 4.78 is 2.03. The third-order valence-corrected chi connectivity index (χ3v) is 7.49. The largest absolute Gasteiger partial charge is 0.402 e. The molecule has 3 heterocycles. The first-order valence-corrected chi connectivity index (χ1v) is 13.1. The number of nitrogens with zero attached hydrogens (tertiary/aromatic N) is 5. The molecule has 0 radical (unpaired) electrons. The number of pyridine rings is 1. The summed E-state index contributed by atoms with van der Waals surface area (Å²) in [6.45, 7) is 17.3. The maximum Gasteiger partial charge on any atom is 0.163 e. The zero-order valence-corrected chi connectivity index (χ0v) is 23.0. The van der Waals surface area contributed by atoms with Crippen LogP contribution in [0.2, 0.25) is 5.02 Å². The highest BCUT2D eigenvalue weighted by atomic mass is 35.5. The number of nitrogens with two attached hydrogens (primary N) is 1. The molecule has 0 saturated carbocycles. The van der Waals surface area contributed by atoms with Crippen molar-refractivity contribution in [3.05, 3.63) is 82.0 Å². The van der Waals surface area contributed by atoms with Gasteiger partial charge in [0.05, 0.1) is 29.2 Å². The molecule has 3 atom stereocenters. The van der Waals surface area contributed by atoms with Gasteiger partial charge in [0.2, 0.25) is 0 Å². The van der Waals surface area contributed by atoms with Gasteiger partial charge in [0.1, 0.15) is 5.82 Å². The van der Waals surface area contributed by atoms with Crippen LogP contribution >= 0.6 is 11.6 Å². The second kappa shape index (κ2) is 10.5. The molecule has 0 spiro atoms. The first-order chi connectivity index (χ1) is 17.2. The Labute approximate surface area is 219 Å². The smallest absolute Gasteiger partial charge is 0.163 e. The van der Waals surface area contributed by atoms with E-state index in [0.717, 1.165) is 70.2 Å². The molecule has 0 bridgehead atoms. The van der Waals surface area contributed by atoms with Gasteiger partial charge in [0, 0.05) is 22.5 Å². The molecule has 6 nitrogen and oxygen atoms in total. The zero-order valence-electron chi connectivity index (χ0n) is 22.2. The fourth-order valence-electron chi connectivity index (χ4n) is 5.00. The maximum absolute atomic E-state index is 6.60. The molecule has 36 heavy (non-hydrogen) atoms. The molecule has 1 aliphatic heterocycles. The van der Waals surface area contributed by atoms with E-state index in [2.05, 4.69) is 73.8 Å². The lowest BCUT2D eigenvalue weighted by atomic mass is 9.95. The summed E-state index contributed by atoms with van der Waals surface area (Å²) in [5.74, 6) is 1.44. The van der Waals surface area contributed by atoms with Crippen LogP contribution in [0.5, 0.6) is 0 Å². The minimum Gasteiger partial charge on any atom is -0.402 e. The third kappa shape index (κ3) is 4.79. The fraction of sp³-hybridized carbons (Fsp3) is 0.414. The fourth-order valence-corrected chi connectivity index (χ4v) is 5.13. The molecule has 3 unspecified atom stereocenters. The predicted molar refractivity (Wildman–Crippen MR) is 151 cm³/mol. The molecule has 1 fully saturated rings. The van der Waals surface area contributed by atoms with E-state index in [1.807, 2.05) is 30.4 Å². The number of fused-ring (bicyclic) bond motifs is 1. The van der Waals surface area contributed by atoms with Gasteiger partial charge in [-0.3, -0.25) is 9.39 Å². The van der Waals surface area contributed by atoms with Gasteiger partial charge < -0.3 is 10.6 Å². The molecular weight excluding hydrogens is 468 g/mol. The number of aryl methyl sites for hydroxylation is 2. The highest BCUT2D eigenvalue weighted by molar-refractivity contribution is 6.30. The Morgan fingerprint density at radius 1 is 1.17 bits per heavy atom. The highest BCUT2D eigenvalue weighted by Crippen LogP contribution is 2.45. The standard InChI is InChI=1S/C29H37ClN6/c1-8-17(3)14-24(9-2)32-27-20(6)36(25-15-18(4)29-34-33-21(7)35(29)16-25)28(26(27)19(5)31)22-10-12-23(30)13-11-22/h10-13,15-17,24,28H,6,8-9,14,31H2,1-5,7H3. The van der Waals surface area contributed by atoms with Crippen LogP contribution in [0.15, 0.2) is 65.1 Å². The Bertz CT molecular complexity index is 1330. The van der Waals surface area contributed by atoms with E-state index in [4.69, 9.17) is 22.3 Å². The lowest BCUT2D eigenvalue weighted by Gasteiger charge is -2.28. The van der Waals surface area contributed by atoms with Gasteiger partial charge in [-0.2, -0.15) is 0 Å². The summed E-state index contributed by atoms with van der Waals surface area (Å²) in [4.78, 5) is 7.55. The van der Waals surface area contributed by atoms with E-state index >= 15 is 0 Å². The van der Waals surface area contributed by atoms with Crippen molar-refractivity contribution in [2.24, 2.45) is 16.6 Å². The first-order valence-electron chi connectivity index (χ1n) is 12.8. The summed E-state index contributed by atoms with van der Waals surface area (Å²) >= 11 is 6.26. The summed E-state index contributed by atoms with van der Waals surface area (Å²) in [6.07, 6.45) is 5.22. The van der Waals surface area contributed by atoms with E-state index in [9.17, 15) is 0 Å². The number of benzene rings is 1. The molecule has 2 N–H and O–H groups in total. The number of hydrogen-bond acceptors (Lipinski definition) is 5. The quantitative estimate of drug-likeness (QED) is 0.377. The Balaban J connectivity index is 1.93. The maximum atomic E-state index is 6.60. The topological polar surface area (TPSA) is 71.8 Å². The van der Waals surface area contributed by atoms with Crippen LogP contribution < -0.4 is 10.6 Å². The number of aliphatic imine (C=N–C) groups is 1. The SMILES string of the molecule is C=C1C(=NC(CC)CC(C)CC)C(=C(C)N)C(c2ccc(Cl)cc2)N1c1cc(C)c2nnc(C)n2c1.